The molecule has 2 aromatic carbocycles. The third kappa shape index (κ3) is 3.28. The van der Waals surface area contributed by atoms with Crippen LogP contribution >= 0.6 is 0 Å². The zero-order valence-electron chi connectivity index (χ0n) is 12.4. The molecule has 0 aliphatic heterocycles. The summed E-state index contributed by atoms with van der Waals surface area (Å²) in [7, 11) is 0. The van der Waals surface area contributed by atoms with Crippen LogP contribution in [0.5, 0.6) is 0 Å². The second-order valence-electron chi connectivity index (χ2n) is 5.15. The number of pyridine rings is 1. The van der Waals surface area contributed by atoms with Crippen LogP contribution < -0.4 is 5.32 Å². The van der Waals surface area contributed by atoms with E-state index in [0.717, 1.165) is 0 Å². The fourth-order valence-electron chi connectivity index (χ4n) is 2.34. The Morgan fingerprint density at radius 1 is 1.00 bits per heavy atom. The summed E-state index contributed by atoms with van der Waals surface area (Å²) in [5, 5.41) is 2.95. The van der Waals surface area contributed by atoms with Gasteiger partial charge in [0.1, 0.15) is 17.2 Å². The number of rotatable bonds is 2. The van der Waals surface area contributed by atoms with Gasteiger partial charge in [-0.1, -0.05) is 18.2 Å². The maximum atomic E-state index is 13.9. The number of nitrogens with one attached hydrogen (secondary N) is 1. The molecule has 1 heterocycles. The molecule has 0 saturated heterocycles. The molecule has 128 valence electrons. The summed E-state index contributed by atoms with van der Waals surface area (Å²) < 4.78 is 65.5. The molecule has 1 amide bonds. The van der Waals surface area contributed by atoms with Gasteiger partial charge in [0, 0.05) is 11.6 Å². The fraction of sp³-hybridized carbons (Fsp3) is 0.0588. The van der Waals surface area contributed by atoms with Crippen LogP contribution in [0.25, 0.3) is 10.9 Å². The molecule has 1 aromatic heterocycles. The van der Waals surface area contributed by atoms with Gasteiger partial charge in [-0.15, -0.1) is 0 Å². The van der Waals surface area contributed by atoms with Gasteiger partial charge in [-0.05, 0) is 24.3 Å². The van der Waals surface area contributed by atoms with Crippen molar-refractivity contribution in [3.63, 3.8) is 0 Å². The number of benzene rings is 2. The monoisotopic (exact) mass is 352 g/mol. The van der Waals surface area contributed by atoms with Gasteiger partial charge in [-0.2, -0.15) is 13.2 Å². The average Bonchev–Trinajstić information content (AvgIpc) is 2.53. The molecule has 3 aromatic rings. The van der Waals surface area contributed by atoms with E-state index in [9.17, 15) is 26.7 Å². The molecule has 8 heteroatoms. The van der Waals surface area contributed by atoms with E-state index in [1.54, 1.807) is 24.3 Å². The molecule has 0 radical (unpaired) electrons. The van der Waals surface area contributed by atoms with Crippen LogP contribution in [0.2, 0.25) is 0 Å². The first-order chi connectivity index (χ1) is 11.8. The number of aromatic nitrogens is 1. The van der Waals surface area contributed by atoms with Gasteiger partial charge in [-0.3, -0.25) is 9.78 Å². The lowest BCUT2D eigenvalue weighted by Gasteiger charge is -2.12. The summed E-state index contributed by atoms with van der Waals surface area (Å²) in [6.45, 7) is 0. The summed E-state index contributed by atoms with van der Waals surface area (Å²) in [6, 6.07) is 8.34. The van der Waals surface area contributed by atoms with Crippen LogP contribution in [0.3, 0.4) is 0 Å². The number of alkyl halides is 3. The van der Waals surface area contributed by atoms with Crippen LogP contribution in [0.15, 0.2) is 48.7 Å². The summed E-state index contributed by atoms with van der Waals surface area (Å²) in [5.74, 6) is -4.40. The van der Waals surface area contributed by atoms with Gasteiger partial charge in [-0.25, -0.2) is 8.78 Å². The molecule has 0 aliphatic carbocycles. The number of halogens is 5. The first kappa shape index (κ1) is 16.8. The van der Waals surface area contributed by atoms with Gasteiger partial charge in [0.2, 0.25) is 0 Å². The molecular formula is C17H9F5N2O. The molecule has 25 heavy (non-hydrogen) atoms. The molecule has 3 nitrogen and oxygen atoms in total. The number of amides is 1. The molecule has 0 aliphatic rings. The number of hydrogen-bond donors (Lipinski definition) is 1. The number of hydrogen-bond acceptors (Lipinski definition) is 2. The fourth-order valence-corrected chi connectivity index (χ4v) is 2.34. The normalized spacial score (nSPS) is 11.6. The van der Waals surface area contributed by atoms with Gasteiger partial charge in [0.05, 0.1) is 16.8 Å². The summed E-state index contributed by atoms with van der Waals surface area (Å²) >= 11 is 0. The number of nitrogens with zero attached hydrogens (tertiary/aromatic N) is 1. The van der Waals surface area contributed by atoms with E-state index in [4.69, 9.17) is 0 Å². The Hall–Kier alpha value is -3.03. The molecule has 0 spiro atoms. The van der Waals surface area contributed by atoms with Gasteiger partial charge in [0.25, 0.3) is 5.91 Å². The van der Waals surface area contributed by atoms with Crippen molar-refractivity contribution in [1.82, 2.24) is 4.98 Å². The highest BCUT2D eigenvalue weighted by Gasteiger charge is 2.33. The minimum atomic E-state index is -4.92. The van der Waals surface area contributed by atoms with E-state index in [1.165, 1.54) is 12.3 Å². The van der Waals surface area contributed by atoms with Gasteiger partial charge in [0.15, 0.2) is 0 Å². The van der Waals surface area contributed by atoms with Gasteiger partial charge >= 0.3 is 6.18 Å². The summed E-state index contributed by atoms with van der Waals surface area (Å²) in [6.07, 6.45) is -3.45. The third-order valence-corrected chi connectivity index (χ3v) is 3.48. The van der Waals surface area contributed by atoms with Crippen molar-refractivity contribution in [2.24, 2.45) is 0 Å². The SMILES string of the molecule is O=C(Nc1cccc2cccnc12)c1c(F)cc(C(F)(F)F)cc1F. The van der Waals surface area contributed by atoms with Crippen LogP contribution in [-0.2, 0) is 6.18 Å². The van der Waals surface area contributed by atoms with Crippen molar-refractivity contribution in [3.8, 4) is 0 Å². The number of carbonyl (C=O) groups is 1. The Morgan fingerprint density at radius 2 is 1.64 bits per heavy atom. The minimum absolute atomic E-state index is 0.0827. The van der Waals surface area contributed by atoms with E-state index < -0.39 is 34.8 Å². The predicted molar refractivity (Wildman–Crippen MR) is 81.1 cm³/mol. The zero-order chi connectivity index (χ0) is 18.2. The Balaban J connectivity index is 1.99. The summed E-state index contributed by atoms with van der Waals surface area (Å²) in [5.41, 5.74) is -2.04. The first-order valence-corrected chi connectivity index (χ1v) is 6.98. The van der Waals surface area contributed by atoms with E-state index in [2.05, 4.69) is 10.3 Å². The number of para-hydroxylation sites is 1. The molecule has 0 unspecified atom stereocenters. The summed E-state index contributed by atoms with van der Waals surface area (Å²) in [4.78, 5) is 16.2. The lowest BCUT2D eigenvalue weighted by molar-refractivity contribution is -0.138. The standard InChI is InChI=1S/C17H9F5N2O/c18-11-7-10(17(20,21)22)8-12(19)14(11)16(25)24-13-5-1-3-9-4-2-6-23-15(9)13/h1-8H,(H,24,25). The Morgan fingerprint density at radius 3 is 2.28 bits per heavy atom. The Kier molecular flexibility index (Phi) is 4.12. The molecule has 0 bridgehead atoms. The predicted octanol–water partition coefficient (Wildman–Crippen LogP) is 4.78. The van der Waals surface area contributed by atoms with Gasteiger partial charge < -0.3 is 5.32 Å². The smallest absolute Gasteiger partial charge is 0.320 e. The largest absolute Gasteiger partial charge is 0.416 e. The van der Waals surface area contributed by atoms with Crippen LogP contribution in [0.1, 0.15) is 15.9 Å². The molecule has 0 saturated carbocycles. The number of carbonyl (C=O) groups excluding carboxylic acids is 1. The Bertz CT molecular complexity index is 940. The topological polar surface area (TPSA) is 42.0 Å². The molecule has 1 N–H and O–H groups in total. The first-order valence-electron chi connectivity index (χ1n) is 6.98. The second-order valence-corrected chi connectivity index (χ2v) is 5.15. The van der Waals surface area contributed by atoms with Crippen molar-refractivity contribution in [3.05, 3.63) is 71.4 Å². The molecular weight excluding hydrogens is 343 g/mol. The number of anilines is 1. The quantitative estimate of drug-likeness (QED) is 0.674. The van der Waals surface area contributed by atoms with Crippen LogP contribution in [-0.4, -0.2) is 10.9 Å². The van der Waals surface area contributed by atoms with Crippen molar-refractivity contribution < 1.29 is 26.7 Å². The minimum Gasteiger partial charge on any atom is -0.320 e. The van der Waals surface area contributed by atoms with E-state index in [0.29, 0.717) is 10.9 Å². The highest BCUT2D eigenvalue weighted by Crippen LogP contribution is 2.32. The molecule has 0 atom stereocenters. The lowest BCUT2D eigenvalue weighted by atomic mass is 10.1. The zero-order valence-corrected chi connectivity index (χ0v) is 12.4. The highest BCUT2D eigenvalue weighted by molar-refractivity contribution is 6.08. The van der Waals surface area contributed by atoms with Crippen LogP contribution in [0, 0.1) is 11.6 Å². The van der Waals surface area contributed by atoms with Crippen molar-refractivity contribution in [1.29, 1.82) is 0 Å². The third-order valence-electron chi connectivity index (χ3n) is 3.48. The average molecular weight is 352 g/mol. The maximum absolute atomic E-state index is 13.9. The molecule has 0 fully saturated rings. The molecule has 3 rings (SSSR count). The maximum Gasteiger partial charge on any atom is 0.416 e. The second kappa shape index (κ2) is 6.12. The van der Waals surface area contributed by atoms with Crippen LogP contribution in [0.4, 0.5) is 27.6 Å². The van der Waals surface area contributed by atoms with Crippen molar-refractivity contribution in [2.45, 2.75) is 6.18 Å². The van der Waals surface area contributed by atoms with Crippen molar-refractivity contribution in [2.75, 3.05) is 5.32 Å². The van der Waals surface area contributed by atoms with E-state index in [1.807, 2.05) is 0 Å². The highest BCUT2D eigenvalue weighted by atomic mass is 19.4. The Labute approximate surface area is 138 Å². The van der Waals surface area contributed by atoms with E-state index >= 15 is 0 Å². The number of fused-ring (bicyclic) bond motifs is 1. The van der Waals surface area contributed by atoms with Crippen molar-refractivity contribution >= 4 is 22.5 Å². The lowest BCUT2D eigenvalue weighted by Crippen LogP contribution is -2.18. The van der Waals surface area contributed by atoms with E-state index in [-0.39, 0.29) is 17.8 Å².